The van der Waals surface area contributed by atoms with Gasteiger partial charge in [-0.25, -0.2) is 0 Å². The molecule has 0 spiro atoms. The normalized spacial score (nSPS) is 11.5. The number of rotatable bonds is 3. The van der Waals surface area contributed by atoms with Crippen LogP contribution in [0.25, 0.3) is 21.8 Å². The van der Waals surface area contributed by atoms with Crippen molar-refractivity contribution in [1.82, 2.24) is 9.97 Å². The number of aliphatic hydroxyl groups is 1. The Hall–Kier alpha value is -2.52. The summed E-state index contributed by atoms with van der Waals surface area (Å²) in [5, 5.41) is 12.1. The van der Waals surface area contributed by atoms with Crippen LogP contribution < -0.4 is 0 Å². The van der Waals surface area contributed by atoms with Gasteiger partial charge in [0.15, 0.2) is 0 Å². The quantitative estimate of drug-likeness (QED) is 0.524. The van der Waals surface area contributed by atoms with Crippen molar-refractivity contribution in [2.45, 2.75) is 13.0 Å². The first kappa shape index (κ1) is 12.2. The first-order valence-corrected chi connectivity index (χ1v) is 7.11. The minimum Gasteiger partial charge on any atom is -0.392 e. The van der Waals surface area contributed by atoms with Crippen molar-refractivity contribution in [3.05, 3.63) is 71.5 Å². The second-order valence-electron chi connectivity index (χ2n) is 5.32. The zero-order valence-electron chi connectivity index (χ0n) is 11.6. The molecule has 0 aliphatic heterocycles. The van der Waals surface area contributed by atoms with Crippen molar-refractivity contribution >= 4 is 21.8 Å². The number of aromatic amines is 2. The lowest BCUT2D eigenvalue weighted by atomic mass is 10.0. The molecule has 21 heavy (non-hydrogen) atoms. The number of hydrogen-bond acceptors (Lipinski definition) is 1. The predicted octanol–water partition coefficient (Wildman–Crippen LogP) is 3.73. The van der Waals surface area contributed by atoms with Crippen LogP contribution in [0.1, 0.15) is 16.8 Å². The lowest BCUT2D eigenvalue weighted by Crippen LogP contribution is -1.93. The molecule has 2 heterocycles. The number of aliphatic hydroxyl groups excluding tert-OH is 1. The molecular formula is C18H16N2O. The maximum atomic E-state index is 9.72. The molecule has 4 rings (SSSR count). The van der Waals surface area contributed by atoms with Gasteiger partial charge in [-0.3, -0.25) is 0 Å². The van der Waals surface area contributed by atoms with E-state index < -0.39 is 0 Å². The molecular weight excluding hydrogens is 260 g/mol. The summed E-state index contributed by atoms with van der Waals surface area (Å²) >= 11 is 0. The molecule has 0 aliphatic rings. The van der Waals surface area contributed by atoms with Crippen LogP contribution in [0.3, 0.4) is 0 Å². The van der Waals surface area contributed by atoms with E-state index in [4.69, 9.17) is 0 Å². The van der Waals surface area contributed by atoms with Gasteiger partial charge >= 0.3 is 0 Å². The van der Waals surface area contributed by atoms with Crippen LogP contribution >= 0.6 is 0 Å². The van der Waals surface area contributed by atoms with Crippen LogP contribution in [-0.2, 0) is 13.0 Å². The SMILES string of the molecule is OCc1c(Cc2c[nH]c3ccccc23)[nH]c2ccccc12. The van der Waals surface area contributed by atoms with Gasteiger partial charge in [0.2, 0.25) is 0 Å². The molecule has 2 aromatic carbocycles. The average molecular weight is 276 g/mol. The number of hydrogen-bond donors (Lipinski definition) is 3. The number of fused-ring (bicyclic) bond motifs is 2. The van der Waals surface area contributed by atoms with Crippen molar-refractivity contribution in [3.8, 4) is 0 Å². The fourth-order valence-electron chi connectivity index (χ4n) is 3.06. The molecule has 0 saturated heterocycles. The maximum Gasteiger partial charge on any atom is 0.0705 e. The summed E-state index contributed by atoms with van der Waals surface area (Å²) < 4.78 is 0. The number of benzene rings is 2. The Morgan fingerprint density at radius 1 is 0.857 bits per heavy atom. The van der Waals surface area contributed by atoms with Gasteiger partial charge in [0.05, 0.1) is 6.61 Å². The van der Waals surface area contributed by atoms with Gasteiger partial charge in [-0.1, -0.05) is 36.4 Å². The van der Waals surface area contributed by atoms with Crippen molar-refractivity contribution in [2.75, 3.05) is 0 Å². The largest absolute Gasteiger partial charge is 0.392 e. The van der Waals surface area contributed by atoms with Gasteiger partial charge in [-0.15, -0.1) is 0 Å². The van der Waals surface area contributed by atoms with Gasteiger partial charge < -0.3 is 15.1 Å². The van der Waals surface area contributed by atoms with E-state index >= 15 is 0 Å². The fourth-order valence-corrected chi connectivity index (χ4v) is 3.06. The Kier molecular flexibility index (Phi) is 2.79. The van der Waals surface area contributed by atoms with E-state index in [0.29, 0.717) is 0 Å². The molecule has 3 nitrogen and oxygen atoms in total. The summed E-state index contributed by atoms with van der Waals surface area (Å²) in [5.74, 6) is 0. The summed E-state index contributed by atoms with van der Waals surface area (Å²) in [6, 6.07) is 16.4. The smallest absolute Gasteiger partial charge is 0.0705 e. The standard InChI is InChI=1S/C18H16N2O/c21-11-15-14-6-2-4-8-17(14)20-18(15)9-12-10-19-16-7-3-1-5-13(12)16/h1-8,10,19-21H,9,11H2. The molecule has 3 heteroatoms. The second kappa shape index (κ2) is 4.79. The van der Waals surface area contributed by atoms with E-state index in [-0.39, 0.29) is 6.61 Å². The molecule has 0 aliphatic carbocycles. The number of nitrogens with one attached hydrogen (secondary N) is 2. The van der Waals surface area contributed by atoms with Crippen LogP contribution in [0.2, 0.25) is 0 Å². The highest BCUT2D eigenvalue weighted by atomic mass is 16.3. The molecule has 3 N–H and O–H groups in total. The molecule has 0 bridgehead atoms. The molecule has 0 fully saturated rings. The third kappa shape index (κ3) is 1.94. The number of H-pyrrole nitrogens is 2. The lowest BCUT2D eigenvalue weighted by molar-refractivity contribution is 0.282. The zero-order valence-corrected chi connectivity index (χ0v) is 11.6. The fraction of sp³-hybridized carbons (Fsp3) is 0.111. The predicted molar refractivity (Wildman–Crippen MR) is 85.3 cm³/mol. The van der Waals surface area contributed by atoms with E-state index in [2.05, 4.69) is 40.4 Å². The first-order valence-electron chi connectivity index (χ1n) is 7.11. The van der Waals surface area contributed by atoms with Crippen molar-refractivity contribution < 1.29 is 5.11 Å². The second-order valence-corrected chi connectivity index (χ2v) is 5.32. The monoisotopic (exact) mass is 276 g/mol. The Balaban J connectivity index is 1.84. The average Bonchev–Trinajstić information content (AvgIpc) is 3.09. The van der Waals surface area contributed by atoms with Crippen molar-refractivity contribution in [3.63, 3.8) is 0 Å². The third-order valence-corrected chi connectivity index (χ3v) is 4.10. The van der Waals surface area contributed by atoms with Crippen LogP contribution in [0, 0.1) is 0 Å². The third-order valence-electron chi connectivity index (χ3n) is 4.10. The molecule has 0 amide bonds. The minimum absolute atomic E-state index is 0.0572. The van der Waals surface area contributed by atoms with Crippen molar-refractivity contribution in [1.29, 1.82) is 0 Å². The molecule has 0 saturated carbocycles. The lowest BCUT2D eigenvalue weighted by Gasteiger charge is -2.01. The minimum atomic E-state index is 0.0572. The van der Waals surface area contributed by atoms with E-state index in [1.807, 2.05) is 24.3 Å². The van der Waals surface area contributed by atoms with Gasteiger partial charge in [0.1, 0.15) is 0 Å². The summed E-state index contributed by atoms with van der Waals surface area (Å²) in [4.78, 5) is 6.75. The Morgan fingerprint density at radius 2 is 1.57 bits per heavy atom. The summed E-state index contributed by atoms with van der Waals surface area (Å²) in [5.41, 5.74) is 5.55. The Labute approximate surface area is 122 Å². The van der Waals surface area contributed by atoms with Gasteiger partial charge in [0.25, 0.3) is 0 Å². The van der Waals surface area contributed by atoms with E-state index in [1.165, 1.54) is 10.9 Å². The molecule has 0 radical (unpaired) electrons. The van der Waals surface area contributed by atoms with Gasteiger partial charge in [-0.05, 0) is 17.7 Å². The molecule has 0 unspecified atom stereocenters. The topological polar surface area (TPSA) is 51.8 Å². The molecule has 104 valence electrons. The van der Waals surface area contributed by atoms with Crippen LogP contribution in [-0.4, -0.2) is 15.1 Å². The van der Waals surface area contributed by atoms with Crippen LogP contribution in [0.5, 0.6) is 0 Å². The Bertz CT molecular complexity index is 917. The summed E-state index contributed by atoms with van der Waals surface area (Å²) in [7, 11) is 0. The van der Waals surface area contributed by atoms with Gasteiger partial charge in [-0.2, -0.15) is 0 Å². The van der Waals surface area contributed by atoms with E-state index in [9.17, 15) is 5.11 Å². The highest BCUT2D eigenvalue weighted by molar-refractivity contribution is 5.86. The van der Waals surface area contributed by atoms with Gasteiger partial charge in [0, 0.05) is 45.7 Å². The highest BCUT2D eigenvalue weighted by Gasteiger charge is 2.12. The zero-order chi connectivity index (χ0) is 14.2. The molecule has 4 aromatic rings. The first-order chi connectivity index (χ1) is 10.4. The summed E-state index contributed by atoms with van der Waals surface area (Å²) in [6.45, 7) is 0.0572. The molecule has 2 aromatic heterocycles. The van der Waals surface area contributed by atoms with Crippen LogP contribution in [0.15, 0.2) is 54.7 Å². The van der Waals surface area contributed by atoms with Crippen molar-refractivity contribution in [2.24, 2.45) is 0 Å². The Morgan fingerprint density at radius 3 is 2.38 bits per heavy atom. The van der Waals surface area contributed by atoms with Crippen LogP contribution in [0.4, 0.5) is 0 Å². The maximum absolute atomic E-state index is 9.72. The number of para-hydroxylation sites is 2. The van der Waals surface area contributed by atoms with E-state index in [0.717, 1.165) is 34.1 Å². The molecule has 0 atom stereocenters. The van der Waals surface area contributed by atoms with E-state index in [1.54, 1.807) is 0 Å². The number of aromatic nitrogens is 2. The summed E-state index contributed by atoms with van der Waals surface area (Å²) in [6.07, 6.45) is 2.84. The highest BCUT2D eigenvalue weighted by Crippen LogP contribution is 2.27.